The van der Waals surface area contributed by atoms with Gasteiger partial charge in [0, 0.05) is 18.0 Å². The number of ether oxygens (including phenoxy) is 2. The molecule has 3 aromatic rings. The SMILES string of the molecule is Cl.c1ccc(-c2ccc(C3(Cn4ccnc4)OCCCO3)cc2)cc1. The Balaban J connectivity index is 0.00000182. The van der Waals surface area contributed by atoms with Crippen molar-refractivity contribution in [3.05, 3.63) is 78.9 Å². The van der Waals surface area contributed by atoms with Crippen LogP contribution in [0.25, 0.3) is 11.1 Å². The van der Waals surface area contributed by atoms with Gasteiger partial charge in [-0.05, 0) is 17.5 Å². The summed E-state index contributed by atoms with van der Waals surface area (Å²) in [5.74, 6) is -0.742. The number of aromatic nitrogens is 2. The molecule has 1 saturated heterocycles. The summed E-state index contributed by atoms with van der Waals surface area (Å²) in [5, 5.41) is 0. The van der Waals surface area contributed by atoms with E-state index in [2.05, 4.69) is 53.5 Å². The molecule has 4 nitrogen and oxygen atoms in total. The molecule has 0 radical (unpaired) electrons. The predicted octanol–water partition coefficient (Wildman–Crippen LogP) is 4.26. The Morgan fingerprint density at radius 3 is 2.24 bits per heavy atom. The van der Waals surface area contributed by atoms with Gasteiger partial charge in [0.1, 0.15) is 0 Å². The van der Waals surface area contributed by atoms with Crippen LogP contribution in [0.5, 0.6) is 0 Å². The largest absolute Gasteiger partial charge is 0.344 e. The first kappa shape index (κ1) is 17.7. The van der Waals surface area contributed by atoms with Gasteiger partial charge in [-0.25, -0.2) is 4.98 Å². The topological polar surface area (TPSA) is 36.3 Å². The number of rotatable bonds is 4. The lowest BCUT2D eigenvalue weighted by molar-refractivity contribution is -0.283. The van der Waals surface area contributed by atoms with E-state index < -0.39 is 5.79 Å². The molecule has 130 valence electrons. The van der Waals surface area contributed by atoms with E-state index in [-0.39, 0.29) is 12.4 Å². The summed E-state index contributed by atoms with van der Waals surface area (Å²) in [5.41, 5.74) is 3.43. The van der Waals surface area contributed by atoms with Gasteiger partial charge >= 0.3 is 0 Å². The second-order valence-corrected chi connectivity index (χ2v) is 5.98. The molecule has 0 saturated carbocycles. The summed E-state index contributed by atoms with van der Waals surface area (Å²) >= 11 is 0. The first-order valence-electron chi connectivity index (χ1n) is 8.25. The molecule has 2 aromatic carbocycles. The molecule has 0 bridgehead atoms. The van der Waals surface area contributed by atoms with Gasteiger partial charge in [-0.3, -0.25) is 0 Å². The Labute approximate surface area is 153 Å². The molecule has 0 N–H and O–H groups in total. The van der Waals surface area contributed by atoms with Crippen molar-refractivity contribution in [2.24, 2.45) is 0 Å². The molecule has 1 aromatic heterocycles. The number of benzene rings is 2. The summed E-state index contributed by atoms with van der Waals surface area (Å²) in [6.45, 7) is 2.00. The molecule has 1 fully saturated rings. The molecule has 25 heavy (non-hydrogen) atoms. The van der Waals surface area contributed by atoms with Crippen LogP contribution in [0.3, 0.4) is 0 Å². The van der Waals surface area contributed by atoms with Crippen LogP contribution in [-0.2, 0) is 21.8 Å². The molecule has 1 aliphatic heterocycles. The number of hydrogen-bond donors (Lipinski definition) is 0. The van der Waals surface area contributed by atoms with Crippen molar-refractivity contribution in [3.63, 3.8) is 0 Å². The van der Waals surface area contributed by atoms with Crippen LogP contribution in [0.15, 0.2) is 73.3 Å². The van der Waals surface area contributed by atoms with Crippen LogP contribution in [0, 0.1) is 0 Å². The van der Waals surface area contributed by atoms with Gasteiger partial charge in [-0.1, -0.05) is 54.6 Å². The van der Waals surface area contributed by atoms with E-state index in [0.29, 0.717) is 19.8 Å². The molecular formula is C20H21ClN2O2. The standard InChI is InChI=1S/C20H20N2O2.ClH/c1-2-5-17(6-3-1)18-7-9-19(10-8-18)20(23-13-4-14-24-20)15-22-12-11-21-16-22;/h1-3,5-12,16H,4,13-15H2;1H. The van der Waals surface area contributed by atoms with Crippen LogP contribution >= 0.6 is 12.4 Å². The smallest absolute Gasteiger partial charge is 0.213 e. The van der Waals surface area contributed by atoms with Crippen molar-refractivity contribution in [2.75, 3.05) is 13.2 Å². The summed E-state index contributed by atoms with van der Waals surface area (Å²) < 4.78 is 14.2. The van der Waals surface area contributed by atoms with E-state index in [4.69, 9.17) is 9.47 Å². The molecule has 2 heterocycles. The molecule has 0 unspecified atom stereocenters. The maximum atomic E-state index is 6.10. The maximum absolute atomic E-state index is 6.10. The monoisotopic (exact) mass is 356 g/mol. The highest BCUT2D eigenvalue weighted by Crippen LogP contribution is 2.34. The highest BCUT2D eigenvalue weighted by atomic mass is 35.5. The van der Waals surface area contributed by atoms with Gasteiger partial charge in [0.05, 0.1) is 26.1 Å². The van der Waals surface area contributed by atoms with E-state index in [1.807, 2.05) is 16.8 Å². The predicted molar refractivity (Wildman–Crippen MR) is 99.6 cm³/mol. The second-order valence-electron chi connectivity index (χ2n) is 5.98. The van der Waals surface area contributed by atoms with Crippen LogP contribution in [-0.4, -0.2) is 22.8 Å². The third-order valence-electron chi connectivity index (χ3n) is 4.34. The third kappa shape index (κ3) is 3.76. The molecule has 0 spiro atoms. The minimum atomic E-state index is -0.742. The zero-order valence-electron chi connectivity index (χ0n) is 13.9. The van der Waals surface area contributed by atoms with E-state index in [1.54, 1.807) is 12.5 Å². The van der Waals surface area contributed by atoms with Gasteiger partial charge in [0.2, 0.25) is 5.79 Å². The second kappa shape index (κ2) is 7.83. The lowest BCUT2D eigenvalue weighted by Crippen LogP contribution is -2.41. The van der Waals surface area contributed by atoms with Crippen molar-refractivity contribution >= 4 is 12.4 Å². The van der Waals surface area contributed by atoms with Crippen LogP contribution < -0.4 is 0 Å². The fraction of sp³-hybridized carbons (Fsp3) is 0.250. The summed E-state index contributed by atoms with van der Waals surface area (Å²) in [7, 11) is 0. The van der Waals surface area contributed by atoms with Crippen LogP contribution in [0.1, 0.15) is 12.0 Å². The van der Waals surface area contributed by atoms with Gasteiger partial charge in [0.15, 0.2) is 0 Å². The first-order chi connectivity index (χ1) is 11.9. The number of halogens is 1. The van der Waals surface area contributed by atoms with Gasteiger partial charge in [-0.15, -0.1) is 12.4 Å². The molecule has 4 rings (SSSR count). The third-order valence-corrected chi connectivity index (χ3v) is 4.34. The number of imidazole rings is 1. The maximum Gasteiger partial charge on any atom is 0.213 e. The average molecular weight is 357 g/mol. The molecular weight excluding hydrogens is 336 g/mol. The van der Waals surface area contributed by atoms with Gasteiger partial charge < -0.3 is 14.0 Å². The normalized spacial score (nSPS) is 16.2. The van der Waals surface area contributed by atoms with Crippen molar-refractivity contribution in [2.45, 2.75) is 18.8 Å². The fourth-order valence-corrected chi connectivity index (χ4v) is 3.09. The van der Waals surface area contributed by atoms with Crippen LogP contribution in [0.2, 0.25) is 0 Å². The lowest BCUT2D eigenvalue weighted by Gasteiger charge is -2.37. The molecule has 0 aliphatic carbocycles. The van der Waals surface area contributed by atoms with Crippen molar-refractivity contribution in [3.8, 4) is 11.1 Å². The highest BCUT2D eigenvalue weighted by molar-refractivity contribution is 5.85. The Morgan fingerprint density at radius 2 is 1.60 bits per heavy atom. The Morgan fingerprint density at radius 1 is 0.920 bits per heavy atom. The van der Waals surface area contributed by atoms with E-state index in [0.717, 1.165) is 12.0 Å². The first-order valence-corrected chi connectivity index (χ1v) is 8.25. The highest BCUT2D eigenvalue weighted by Gasteiger charge is 2.37. The quantitative estimate of drug-likeness (QED) is 0.700. The summed E-state index contributed by atoms with van der Waals surface area (Å²) in [6, 6.07) is 18.8. The summed E-state index contributed by atoms with van der Waals surface area (Å²) in [4.78, 5) is 4.12. The Bertz CT molecular complexity index is 767. The summed E-state index contributed by atoms with van der Waals surface area (Å²) in [6.07, 6.45) is 6.42. The molecule has 5 heteroatoms. The van der Waals surface area contributed by atoms with Crippen molar-refractivity contribution < 1.29 is 9.47 Å². The fourth-order valence-electron chi connectivity index (χ4n) is 3.09. The Kier molecular flexibility index (Phi) is 5.53. The van der Waals surface area contributed by atoms with Crippen molar-refractivity contribution in [1.29, 1.82) is 0 Å². The van der Waals surface area contributed by atoms with Crippen molar-refractivity contribution in [1.82, 2.24) is 9.55 Å². The molecule has 1 aliphatic rings. The van der Waals surface area contributed by atoms with Gasteiger partial charge in [0.25, 0.3) is 0 Å². The van der Waals surface area contributed by atoms with E-state index in [9.17, 15) is 0 Å². The van der Waals surface area contributed by atoms with E-state index >= 15 is 0 Å². The number of nitrogens with zero attached hydrogens (tertiary/aromatic N) is 2. The molecule has 0 atom stereocenters. The number of hydrogen-bond acceptors (Lipinski definition) is 3. The zero-order valence-corrected chi connectivity index (χ0v) is 14.7. The minimum Gasteiger partial charge on any atom is -0.344 e. The van der Waals surface area contributed by atoms with Crippen LogP contribution in [0.4, 0.5) is 0 Å². The lowest BCUT2D eigenvalue weighted by atomic mass is 9.99. The average Bonchev–Trinajstić information content (AvgIpc) is 3.16. The zero-order chi connectivity index (χ0) is 16.2. The Hall–Kier alpha value is -2.14. The van der Waals surface area contributed by atoms with Gasteiger partial charge in [-0.2, -0.15) is 0 Å². The minimum absolute atomic E-state index is 0. The molecule has 0 amide bonds. The van der Waals surface area contributed by atoms with E-state index in [1.165, 1.54) is 11.1 Å².